The smallest absolute Gasteiger partial charge is 0.0434 e. The van der Waals surface area contributed by atoms with Crippen LogP contribution in [-0.2, 0) is 12.8 Å². The normalized spacial score (nSPS) is 33.6. The predicted molar refractivity (Wildman–Crippen MR) is 83.6 cm³/mol. The SMILES string of the molecule is [2H]C([2H])([2H])C([2H])([2H])C([2H])([2H])N(C([2H])([2H])C([2H])([2H])c1cccc2c1CC(=C)N2)C([2H])([2H])C([2H])([2H])C([2H])([2H])[2H]. The summed E-state index contributed by atoms with van der Waals surface area (Å²) in [5, 5.41) is 2.83. The first-order valence-corrected chi connectivity index (χ1v) is 5.48. The molecule has 1 aliphatic rings. The number of benzene rings is 1. The Kier molecular flexibility index (Phi) is 1.31. The van der Waals surface area contributed by atoms with Gasteiger partial charge in [-0.3, -0.25) is 0 Å². The molecule has 0 atom stereocenters. The Balaban J connectivity index is 2.96. The minimum Gasteiger partial charge on any atom is -0.359 e. The van der Waals surface area contributed by atoms with E-state index >= 15 is 0 Å². The van der Waals surface area contributed by atoms with Crippen LogP contribution in [0.25, 0.3) is 0 Å². The van der Waals surface area contributed by atoms with E-state index in [-0.39, 0.29) is 12.0 Å². The summed E-state index contributed by atoms with van der Waals surface area (Å²) < 4.78 is 144. The van der Waals surface area contributed by atoms with Crippen LogP contribution in [-0.4, -0.2) is 24.4 Å². The highest BCUT2D eigenvalue weighted by atomic mass is 15.1. The third-order valence-corrected chi connectivity index (χ3v) is 2.52. The van der Waals surface area contributed by atoms with E-state index in [4.69, 9.17) is 24.7 Å². The number of hydrogen-bond acceptors (Lipinski definition) is 2. The van der Waals surface area contributed by atoms with E-state index in [0.29, 0.717) is 11.4 Å². The molecule has 0 aliphatic carbocycles. The second kappa shape index (κ2) is 6.76. The first kappa shape index (κ1) is 3.67. The lowest BCUT2D eigenvalue weighted by atomic mass is 10.0. The van der Waals surface area contributed by atoms with E-state index in [1.807, 2.05) is 0 Å². The first-order valence-electron chi connectivity index (χ1n) is 14.5. The van der Waals surface area contributed by atoms with Crippen molar-refractivity contribution in [2.24, 2.45) is 0 Å². The fourth-order valence-electron chi connectivity index (χ4n) is 1.77. The average Bonchev–Trinajstić information content (AvgIpc) is 3.04. The number of allylic oxidation sites excluding steroid dienone is 1. The molecule has 0 bridgehead atoms. The van der Waals surface area contributed by atoms with Crippen LogP contribution in [0.5, 0.6) is 0 Å². The molecule has 2 heteroatoms. The summed E-state index contributed by atoms with van der Waals surface area (Å²) in [7, 11) is 0. The van der Waals surface area contributed by atoms with E-state index in [0.717, 1.165) is 6.07 Å². The zero-order valence-electron chi connectivity index (χ0n) is 28.1. The number of fused-ring (bicyclic) bond motifs is 1. The van der Waals surface area contributed by atoms with Gasteiger partial charge in [0.2, 0.25) is 0 Å². The molecule has 0 unspecified atom stereocenters. The van der Waals surface area contributed by atoms with Gasteiger partial charge in [-0.1, -0.05) is 32.4 Å². The van der Waals surface area contributed by atoms with E-state index in [1.54, 1.807) is 0 Å². The van der Waals surface area contributed by atoms with Crippen molar-refractivity contribution in [1.82, 2.24) is 4.90 Å². The highest BCUT2D eigenvalue weighted by Gasteiger charge is 2.16. The van der Waals surface area contributed by atoms with Gasteiger partial charge in [0.1, 0.15) is 0 Å². The largest absolute Gasteiger partial charge is 0.359 e. The van der Waals surface area contributed by atoms with Crippen molar-refractivity contribution in [3.63, 3.8) is 0 Å². The number of hydrogen-bond donors (Lipinski definition) is 1. The highest BCUT2D eigenvalue weighted by Crippen LogP contribution is 2.30. The number of nitrogens with zero attached hydrogens (tertiary/aromatic N) is 1. The third-order valence-electron chi connectivity index (χ3n) is 2.52. The summed E-state index contributed by atoms with van der Waals surface area (Å²) in [6.45, 7) is -16.8. The molecular weight excluding hydrogens is 232 g/mol. The fraction of sp³-hybridized carbons (Fsp3) is 0.529. The van der Waals surface area contributed by atoms with Crippen LogP contribution in [0.15, 0.2) is 30.5 Å². The molecule has 2 nitrogen and oxygen atoms in total. The van der Waals surface area contributed by atoms with Crippen LogP contribution < -0.4 is 5.32 Å². The van der Waals surface area contributed by atoms with Crippen molar-refractivity contribution in [2.75, 3.05) is 24.8 Å². The lowest BCUT2D eigenvalue weighted by Crippen LogP contribution is -2.27. The Bertz CT molecular complexity index is 1010. The quantitative estimate of drug-likeness (QED) is 0.814. The Morgan fingerprint density at radius 2 is 2.11 bits per heavy atom. The monoisotopic (exact) mass is 276 g/mol. The maximum Gasteiger partial charge on any atom is 0.0434 e. The minimum atomic E-state index is -4.34. The highest BCUT2D eigenvalue weighted by molar-refractivity contribution is 5.64. The molecule has 104 valence electrons. The Morgan fingerprint density at radius 3 is 2.84 bits per heavy atom. The predicted octanol–water partition coefficient (Wildman–Crippen LogP) is 3.83. The van der Waals surface area contributed by atoms with Gasteiger partial charge in [0.15, 0.2) is 0 Å². The van der Waals surface area contributed by atoms with E-state index in [9.17, 15) is 0 Å². The zero-order chi connectivity index (χ0) is 29.4. The Labute approximate surface area is 142 Å². The van der Waals surface area contributed by atoms with Gasteiger partial charge in [0, 0.05) is 49.0 Å². The topological polar surface area (TPSA) is 15.3 Å². The molecule has 1 aliphatic heterocycles. The minimum absolute atomic E-state index is 0.0208. The Hall–Kier alpha value is -1.28. The van der Waals surface area contributed by atoms with Crippen molar-refractivity contribution in [1.29, 1.82) is 0 Å². The van der Waals surface area contributed by atoms with E-state index in [1.165, 1.54) is 12.1 Å². The summed E-state index contributed by atoms with van der Waals surface area (Å²) in [6, 6.07) is 3.89. The van der Waals surface area contributed by atoms with Gasteiger partial charge in [0.05, 0.1) is 0 Å². The van der Waals surface area contributed by atoms with Gasteiger partial charge >= 0.3 is 0 Å². The van der Waals surface area contributed by atoms with Crippen LogP contribution in [0.2, 0.25) is 0 Å². The molecule has 1 aromatic carbocycles. The lowest BCUT2D eigenvalue weighted by molar-refractivity contribution is 0.278. The molecule has 0 saturated heterocycles. The molecule has 2 rings (SSSR count). The van der Waals surface area contributed by atoms with Gasteiger partial charge in [-0.25, -0.2) is 0 Å². The molecule has 0 saturated carbocycles. The van der Waals surface area contributed by atoms with Gasteiger partial charge in [-0.2, -0.15) is 0 Å². The second-order valence-corrected chi connectivity index (χ2v) is 3.78. The Morgan fingerprint density at radius 1 is 1.32 bits per heavy atom. The maximum atomic E-state index is 8.65. The maximum absolute atomic E-state index is 8.65. The molecule has 0 fully saturated rings. The van der Waals surface area contributed by atoms with Crippen LogP contribution >= 0.6 is 0 Å². The summed E-state index contributed by atoms with van der Waals surface area (Å²) in [6.07, 6.45) is -11.8. The van der Waals surface area contributed by atoms with Crippen molar-refractivity contribution in [2.45, 2.75) is 39.2 Å². The summed E-state index contributed by atoms with van der Waals surface area (Å²) in [4.78, 5) is -0.900. The summed E-state index contributed by atoms with van der Waals surface area (Å²) in [5.74, 6) is 0. The van der Waals surface area contributed by atoms with Crippen molar-refractivity contribution in [3.8, 4) is 0 Å². The van der Waals surface area contributed by atoms with Crippen molar-refractivity contribution in [3.05, 3.63) is 41.6 Å². The van der Waals surface area contributed by atoms with Crippen LogP contribution in [0.3, 0.4) is 0 Å². The lowest BCUT2D eigenvalue weighted by Gasteiger charge is -2.21. The summed E-state index contributed by atoms with van der Waals surface area (Å²) in [5.41, 5.74) is 0.357. The molecule has 1 N–H and O–H groups in total. The molecule has 1 aromatic rings. The van der Waals surface area contributed by atoms with Gasteiger partial charge in [-0.05, 0) is 49.3 Å². The van der Waals surface area contributed by atoms with Crippen LogP contribution in [0.4, 0.5) is 5.69 Å². The van der Waals surface area contributed by atoms with Crippen LogP contribution in [0.1, 0.15) is 62.3 Å². The second-order valence-electron chi connectivity index (χ2n) is 3.78. The fourth-order valence-corrected chi connectivity index (χ4v) is 1.77. The van der Waals surface area contributed by atoms with Crippen molar-refractivity contribution >= 4 is 5.69 Å². The van der Waals surface area contributed by atoms with Crippen molar-refractivity contribution < 1.29 is 24.7 Å². The molecule has 0 radical (unpaired) electrons. The van der Waals surface area contributed by atoms with Gasteiger partial charge in [-0.15, -0.1) is 0 Å². The van der Waals surface area contributed by atoms with Gasteiger partial charge in [0.25, 0.3) is 0 Å². The van der Waals surface area contributed by atoms with Crippen LogP contribution in [0, 0.1) is 0 Å². The molecular formula is C17H26N2. The molecule has 19 heavy (non-hydrogen) atoms. The summed E-state index contributed by atoms with van der Waals surface area (Å²) >= 11 is 0. The number of aryl methyl sites for hydroxylation is 1. The number of nitrogens with one attached hydrogen (secondary N) is 1. The number of rotatable bonds is 7. The zero-order valence-corrected chi connectivity index (χ0v) is 10.1. The number of anilines is 1. The van der Waals surface area contributed by atoms with E-state index in [2.05, 4.69) is 11.9 Å². The molecule has 0 spiro atoms. The van der Waals surface area contributed by atoms with Gasteiger partial charge < -0.3 is 10.2 Å². The average molecular weight is 277 g/mol. The van der Waals surface area contributed by atoms with E-state index < -0.39 is 62.8 Å². The molecule has 0 aromatic heterocycles. The molecule has 1 heterocycles. The first-order chi connectivity index (χ1) is 16.1. The standard InChI is InChI=1S/C17H26N2/c1-4-10-19(11-5-2)12-9-15-7-6-8-17-16(15)13-14(3)18-17/h6-8,18H,3-5,9-13H2,1-2H3/i1D3,2D3,4D2,5D2,9D2,10D2,11D2,12D2. The third kappa shape index (κ3) is 3.60. The molecule has 0 amide bonds.